The predicted molar refractivity (Wildman–Crippen MR) is 291 cm³/mol. The molecule has 0 amide bonds. The second-order valence-electron chi connectivity index (χ2n) is 18.9. The standard InChI is InChI=1S/C64H36BF6N5/c66-63(67,68)44-25-27-48(42(31-44)37-72)40-24-30-56(51(34-40)49-28-26-45(64(69,70)71)32-43(49)38-73)76-55-20-10-7-17-50(55)52-33-39(23-29-57(52)76)41-35-60-62-61(36-41)75(47-15-5-2-6-16-47)59-22-12-9-19-54(59)65(62)53-18-8-11-21-58(53)74(60)46-13-3-1-4-14-46/h1-36H. The molecule has 0 unspecified atom stereocenters. The zero-order valence-electron chi connectivity index (χ0n) is 39.9. The highest BCUT2D eigenvalue weighted by molar-refractivity contribution is 7.00. The molecule has 0 saturated heterocycles. The van der Waals surface area contributed by atoms with E-state index in [1.807, 2.05) is 83.4 Å². The van der Waals surface area contributed by atoms with Gasteiger partial charge in [-0.2, -0.15) is 36.9 Å². The van der Waals surface area contributed by atoms with Crippen LogP contribution in [0.25, 0.3) is 60.9 Å². The number of rotatable bonds is 6. The van der Waals surface area contributed by atoms with Crippen molar-refractivity contribution >= 4 is 79.0 Å². The third-order valence-electron chi connectivity index (χ3n) is 14.7. The minimum absolute atomic E-state index is 0.0793. The summed E-state index contributed by atoms with van der Waals surface area (Å²) in [6, 6.07) is 71.2. The lowest BCUT2D eigenvalue weighted by molar-refractivity contribution is -0.138. The van der Waals surface area contributed by atoms with Crippen molar-refractivity contribution in [1.82, 2.24) is 4.57 Å². The first kappa shape index (κ1) is 46.0. The van der Waals surface area contributed by atoms with Crippen molar-refractivity contribution in [2.45, 2.75) is 12.4 Å². The number of para-hydroxylation sites is 5. The van der Waals surface area contributed by atoms with Crippen molar-refractivity contribution in [3.8, 4) is 51.2 Å². The van der Waals surface area contributed by atoms with Gasteiger partial charge in [-0.25, -0.2) is 0 Å². The van der Waals surface area contributed by atoms with Crippen LogP contribution in [0.2, 0.25) is 0 Å². The van der Waals surface area contributed by atoms with Crippen LogP contribution in [0.5, 0.6) is 0 Å². The number of nitriles is 2. The molecule has 0 N–H and O–H groups in total. The molecule has 10 aromatic carbocycles. The third-order valence-corrected chi connectivity index (χ3v) is 14.7. The Bertz CT molecular complexity index is 4150. The summed E-state index contributed by atoms with van der Waals surface area (Å²) < 4.78 is 86.0. The van der Waals surface area contributed by atoms with Gasteiger partial charge in [0.25, 0.3) is 6.71 Å². The van der Waals surface area contributed by atoms with Gasteiger partial charge in [0.1, 0.15) is 0 Å². The highest BCUT2D eigenvalue weighted by atomic mass is 19.4. The molecule has 0 aliphatic carbocycles. The molecule has 2 aliphatic rings. The van der Waals surface area contributed by atoms with Crippen molar-refractivity contribution in [2.75, 3.05) is 9.80 Å². The average Bonchev–Trinajstić information content (AvgIpc) is 3.95. The van der Waals surface area contributed by atoms with Crippen molar-refractivity contribution in [3.05, 3.63) is 241 Å². The van der Waals surface area contributed by atoms with Gasteiger partial charge in [-0.1, -0.05) is 115 Å². The summed E-state index contributed by atoms with van der Waals surface area (Å²) in [6.45, 7) is -0.0793. The van der Waals surface area contributed by atoms with Crippen molar-refractivity contribution in [1.29, 1.82) is 10.5 Å². The summed E-state index contributed by atoms with van der Waals surface area (Å²) in [7, 11) is 0. The van der Waals surface area contributed by atoms with Gasteiger partial charge in [-0.05, 0) is 142 Å². The first-order chi connectivity index (χ1) is 36.9. The number of halogens is 6. The number of fused-ring (bicyclic) bond motifs is 7. The zero-order valence-corrected chi connectivity index (χ0v) is 39.9. The second kappa shape index (κ2) is 17.4. The van der Waals surface area contributed by atoms with Crippen LogP contribution in [-0.2, 0) is 12.4 Å². The van der Waals surface area contributed by atoms with Gasteiger partial charge in [-0.15, -0.1) is 0 Å². The molecule has 3 heterocycles. The average molecular weight is 1000 g/mol. The third kappa shape index (κ3) is 7.32. The summed E-state index contributed by atoms with van der Waals surface area (Å²) >= 11 is 0. The first-order valence-electron chi connectivity index (χ1n) is 24.4. The molecule has 0 atom stereocenters. The molecule has 5 nitrogen and oxygen atoms in total. The summed E-state index contributed by atoms with van der Waals surface area (Å²) in [5.74, 6) is 0. The van der Waals surface area contributed by atoms with Crippen LogP contribution in [0.15, 0.2) is 218 Å². The second-order valence-corrected chi connectivity index (χ2v) is 18.9. The van der Waals surface area contributed by atoms with E-state index < -0.39 is 23.5 Å². The van der Waals surface area contributed by atoms with Crippen LogP contribution < -0.4 is 26.2 Å². The summed E-state index contributed by atoms with van der Waals surface area (Å²) in [6.07, 6.45) is -9.45. The molecule has 13 rings (SSSR count). The molecule has 362 valence electrons. The number of aromatic nitrogens is 1. The van der Waals surface area contributed by atoms with Crippen LogP contribution >= 0.6 is 0 Å². The molecular weight excluding hydrogens is 964 g/mol. The fourth-order valence-electron chi connectivity index (χ4n) is 11.4. The lowest BCUT2D eigenvalue weighted by Gasteiger charge is -2.44. The number of hydrogen-bond acceptors (Lipinski definition) is 4. The van der Waals surface area contributed by atoms with Crippen molar-refractivity contribution < 1.29 is 26.3 Å². The van der Waals surface area contributed by atoms with Gasteiger partial charge in [0.05, 0.1) is 51.1 Å². The topological polar surface area (TPSA) is 59.0 Å². The van der Waals surface area contributed by atoms with E-state index in [2.05, 4.69) is 107 Å². The predicted octanol–water partition coefficient (Wildman–Crippen LogP) is 15.6. The van der Waals surface area contributed by atoms with E-state index in [4.69, 9.17) is 0 Å². The van der Waals surface area contributed by atoms with Crippen LogP contribution in [0.3, 0.4) is 0 Å². The van der Waals surface area contributed by atoms with E-state index >= 15 is 0 Å². The van der Waals surface area contributed by atoms with Gasteiger partial charge in [0, 0.05) is 56.0 Å². The largest absolute Gasteiger partial charge is 0.416 e. The Morgan fingerprint density at radius 2 is 0.868 bits per heavy atom. The number of anilines is 6. The molecule has 0 saturated carbocycles. The monoisotopic (exact) mass is 999 g/mol. The molecule has 0 bridgehead atoms. The Hall–Kier alpha value is -9.78. The number of alkyl halides is 6. The van der Waals surface area contributed by atoms with E-state index in [1.54, 1.807) is 18.2 Å². The summed E-state index contributed by atoms with van der Waals surface area (Å²) in [5.41, 5.74) is 12.1. The van der Waals surface area contributed by atoms with Crippen LogP contribution in [-0.4, -0.2) is 11.3 Å². The van der Waals surface area contributed by atoms with Gasteiger partial charge in [-0.3, -0.25) is 0 Å². The lowest BCUT2D eigenvalue weighted by atomic mass is 9.33. The molecule has 1 aromatic heterocycles. The van der Waals surface area contributed by atoms with Crippen LogP contribution in [0.4, 0.5) is 60.5 Å². The molecule has 12 heteroatoms. The summed E-state index contributed by atoms with van der Waals surface area (Å²) in [4.78, 5) is 4.70. The minimum Gasteiger partial charge on any atom is -0.311 e. The van der Waals surface area contributed by atoms with Crippen molar-refractivity contribution in [2.24, 2.45) is 0 Å². The molecule has 76 heavy (non-hydrogen) atoms. The minimum atomic E-state index is -4.74. The molecule has 0 radical (unpaired) electrons. The van der Waals surface area contributed by atoms with Gasteiger partial charge >= 0.3 is 12.4 Å². The number of nitrogens with zero attached hydrogens (tertiary/aromatic N) is 5. The molecule has 0 spiro atoms. The molecule has 0 fully saturated rings. The normalized spacial score (nSPS) is 12.8. The highest BCUT2D eigenvalue weighted by Crippen LogP contribution is 2.48. The maximum absolute atomic E-state index is 14.2. The molecule has 2 aliphatic heterocycles. The zero-order chi connectivity index (χ0) is 52.0. The fourth-order valence-corrected chi connectivity index (χ4v) is 11.4. The van der Waals surface area contributed by atoms with E-state index in [9.17, 15) is 36.9 Å². The summed E-state index contributed by atoms with van der Waals surface area (Å²) in [5, 5.41) is 22.3. The Kier molecular flexibility index (Phi) is 10.6. The van der Waals surface area contributed by atoms with E-state index in [1.165, 1.54) is 28.5 Å². The maximum atomic E-state index is 14.2. The van der Waals surface area contributed by atoms with Crippen LogP contribution in [0.1, 0.15) is 22.3 Å². The highest BCUT2D eigenvalue weighted by Gasteiger charge is 2.43. The Balaban J connectivity index is 1.05. The van der Waals surface area contributed by atoms with Gasteiger partial charge in [0.2, 0.25) is 0 Å². The van der Waals surface area contributed by atoms with Gasteiger partial charge < -0.3 is 14.4 Å². The molecule has 11 aromatic rings. The fraction of sp³-hybridized carbons (Fsp3) is 0.0312. The molecular formula is C64H36BF6N5. The number of benzene rings is 10. The lowest BCUT2D eigenvalue weighted by Crippen LogP contribution is -2.61. The van der Waals surface area contributed by atoms with Crippen molar-refractivity contribution in [3.63, 3.8) is 0 Å². The maximum Gasteiger partial charge on any atom is 0.416 e. The smallest absolute Gasteiger partial charge is 0.311 e. The van der Waals surface area contributed by atoms with E-state index in [0.717, 1.165) is 91.3 Å². The van der Waals surface area contributed by atoms with Gasteiger partial charge in [0.15, 0.2) is 0 Å². The Morgan fingerprint density at radius 3 is 1.45 bits per heavy atom. The van der Waals surface area contributed by atoms with E-state index in [-0.39, 0.29) is 29.0 Å². The Labute approximate surface area is 432 Å². The van der Waals surface area contributed by atoms with Crippen LogP contribution in [0, 0.1) is 22.7 Å². The quantitative estimate of drug-likeness (QED) is 0.123. The SMILES string of the molecule is N#Cc1cc(C(F)(F)F)ccc1-c1ccc(-n2c3ccccc3c3cc(-c4cc5c6c(c4)N(c4ccccc4)c4ccccc4B6c4ccccc4N5c4ccccc4)ccc32)c(-c2ccc(C(F)(F)F)cc2C#N)c1. The first-order valence-corrected chi connectivity index (χ1v) is 24.4. The Morgan fingerprint density at radius 1 is 0.368 bits per heavy atom. The van der Waals surface area contributed by atoms with E-state index in [0.29, 0.717) is 16.8 Å². The number of hydrogen-bond donors (Lipinski definition) is 0.